The van der Waals surface area contributed by atoms with Gasteiger partial charge in [0.2, 0.25) is 0 Å². The molecule has 0 radical (unpaired) electrons. The Labute approximate surface area is 150 Å². The highest BCUT2D eigenvalue weighted by Crippen LogP contribution is 2.21. The molecule has 0 unspecified atom stereocenters. The second-order valence-electron chi connectivity index (χ2n) is 5.50. The number of benzene rings is 2. The quantitative estimate of drug-likeness (QED) is 0.598. The minimum atomic E-state index is 0.155. The van der Waals surface area contributed by atoms with Crippen molar-refractivity contribution < 1.29 is 4.79 Å². The molecule has 1 aromatic heterocycles. The number of carbonyl (C=O) groups is 1. The lowest BCUT2D eigenvalue weighted by Crippen LogP contribution is -2.07. The predicted molar refractivity (Wildman–Crippen MR) is 99.2 cm³/mol. The van der Waals surface area contributed by atoms with Crippen LogP contribution in [0.5, 0.6) is 0 Å². The first-order chi connectivity index (χ1) is 11.6. The van der Waals surface area contributed by atoms with Crippen molar-refractivity contribution in [1.82, 2.24) is 9.55 Å². The van der Waals surface area contributed by atoms with Crippen LogP contribution in [0, 0.1) is 6.92 Å². The minimum absolute atomic E-state index is 0.155. The Kier molecular flexibility index (Phi) is 5.38. The summed E-state index contributed by atoms with van der Waals surface area (Å²) in [7, 11) is 0. The lowest BCUT2D eigenvalue weighted by Gasteiger charge is -2.07. The first kappa shape index (κ1) is 16.8. The van der Waals surface area contributed by atoms with E-state index in [1.165, 1.54) is 11.8 Å². The topological polar surface area (TPSA) is 34.9 Å². The van der Waals surface area contributed by atoms with Crippen molar-refractivity contribution in [3.05, 3.63) is 77.1 Å². The van der Waals surface area contributed by atoms with Crippen molar-refractivity contribution in [2.75, 3.05) is 5.75 Å². The van der Waals surface area contributed by atoms with Gasteiger partial charge in [0.1, 0.15) is 5.78 Å². The van der Waals surface area contributed by atoms with Crippen LogP contribution in [0.25, 0.3) is 5.69 Å². The standard InChI is InChI=1S/C19H17ClN2OS/c1-14-7-8-15(12-18(14)20)11-17(23)13-24-19-21-9-10-22(19)16-5-3-2-4-6-16/h2-10,12H,11,13H2,1H3. The number of ketones is 1. The molecule has 0 atom stereocenters. The number of para-hydroxylation sites is 1. The average Bonchev–Trinajstić information content (AvgIpc) is 3.06. The van der Waals surface area contributed by atoms with E-state index in [1.807, 2.05) is 66.2 Å². The number of rotatable bonds is 6. The average molecular weight is 357 g/mol. The number of halogens is 1. The molecule has 3 rings (SSSR count). The number of Topliss-reactive ketones (excluding diaryl/α,β-unsaturated/α-hetero) is 1. The van der Waals surface area contributed by atoms with Gasteiger partial charge in [-0.05, 0) is 36.2 Å². The Morgan fingerprint density at radius 2 is 2.00 bits per heavy atom. The zero-order chi connectivity index (χ0) is 16.9. The van der Waals surface area contributed by atoms with Gasteiger partial charge in [-0.15, -0.1) is 0 Å². The van der Waals surface area contributed by atoms with E-state index in [4.69, 9.17) is 11.6 Å². The van der Waals surface area contributed by atoms with Gasteiger partial charge in [0.25, 0.3) is 0 Å². The van der Waals surface area contributed by atoms with Crippen LogP contribution in [-0.2, 0) is 11.2 Å². The van der Waals surface area contributed by atoms with Crippen molar-refractivity contribution in [1.29, 1.82) is 0 Å². The van der Waals surface area contributed by atoms with E-state index in [-0.39, 0.29) is 5.78 Å². The monoisotopic (exact) mass is 356 g/mol. The molecule has 0 bridgehead atoms. The van der Waals surface area contributed by atoms with Gasteiger partial charge in [0.15, 0.2) is 5.16 Å². The lowest BCUT2D eigenvalue weighted by atomic mass is 10.1. The zero-order valence-electron chi connectivity index (χ0n) is 13.3. The number of imidazole rings is 1. The summed E-state index contributed by atoms with van der Waals surface area (Å²) >= 11 is 7.57. The third kappa shape index (κ3) is 4.08. The van der Waals surface area contributed by atoms with Crippen molar-refractivity contribution >= 4 is 29.1 Å². The highest BCUT2D eigenvalue weighted by Gasteiger charge is 2.10. The molecule has 24 heavy (non-hydrogen) atoms. The number of aryl methyl sites for hydroxylation is 1. The summed E-state index contributed by atoms with van der Waals surface area (Å²) in [4.78, 5) is 16.6. The van der Waals surface area contributed by atoms with Crippen LogP contribution < -0.4 is 0 Å². The Hall–Kier alpha value is -2.04. The zero-order valence-corrected chi connectivity index (χ0v) is 14.8. The van der Waals surface area contributed by atoms with Crippen molar-refractivity contribution in [3.63, 3.8) is 0 Å². The molecule has 0 saturated heterocycles. The van der Waals surface area contributed by atoms with Gasteiger partial charge in [0, 0.05) is 29.5 Å². The normalized spacial score (nSPS) is 10.8. The first-order valence-electron chi connectivity index (χ1n) is 7.62. The molecular weight excluding hydrogens is 340 g/mol. The van der Waals surface area contributed by atoms with E-state index in [0.717, 1.165) is 22.0 Å². The third-order valence-corrected chi connectivity index (χ3v) is 5.07. The largest absolute Gasteiger partial charge is 0.298 e. The van der Waals surface area contributed by atoms with E-state index in [2.05, 4.69) is 4.98 Å². The van der Waals surface area contributed by atoms with Crippen LogP contribution in [0.3, 0.4) is 0 Å². The predicted octanol–water partition coefficient (Wildman–Crippen LogP) is 4.74. The van der Waals surface area contributed by atoms with Crippen LogP contribution in [0.15, 0.2) is 66.1 Å². The molecule has 3 nitrogen and oxygen atoms in total. The van der Waals surface area contributed by atoms with Crippen molar-refractivity contribution in [2.45, 2.75) is 18.5 Å². The summed E-state index contributed by atoms with van der Waals surface area (Å²) in [6.45, 7) is 1.95. The number of nitrogens with zero attached hydrogens (tertiary/aromatic N) is 2. The molecule has 1 heterocycles. The van der Waals surface area contributed by atoms with Gasteiger partial charge in [-0.3, -0.25) is 9.36 Å². The second kappa shape index (κ2) is 7.69. The first-order valence-corrected chi connectivity index (χ1v) is 8.98. The maximum absolute atomic E-state index is 12.3. The van der Waals surface area contributed by atoms with Crippen molar-refractivity contribution in [3.8, 4) is 5.69 Å². The number of hydrogen-bond acceptors (Lipinski definition) is 3. The molecule has 0 aliphatic heterocycles. The van der Waals surface area contributed by atoms with E-state index in [1.54, 1.807) is 6.20 Å². The summed E-state index contributed by atoms with van der Waals surface area (Å²) in [5, 5.41) is 1.52. The van der Waals surface area contributed by atoms with Crippen LogP contribution in [0.2, 0.25) is 5.02 Å². The summed E-state index contributed by atoms with van der Waals surface area (Å²) in [5.41, 5.74) is 3.00. The van der Waals surface area contributed by atoms with E-state index >= 15 is 0 Å². The van der Waals surface area contributed by atoms with Crippen LogP contribution in [0.4, 0.5) is 0 Å². The van der Waals surface area contributed by atoms with Gasteiger partial charge in [0.05, 0.1) is 5.75 Å². The molecule has 5 heteroatoms. The SMILES string of the molecule is Cc1ccc(CC(=O)CSc2nccn2-c2ccccc2)cc1Cl. The fourth-order valence-electron chi connectivity index (χ4n) is 2.35. The van der Waals surface area contributed by atoms with Gasteiger partial charge in [-0.2, -0.15) is 0 Å². The van der Waals surface area contributed by atoms with Gasteiger partial charge in [-0.25, -0.2) is 4.98 Å². The Bertz CT molecular complexity index is 846. The highest BCUT2D eigenvalue weighted by atomic mass is 35.5. The van der Waals surface area contributed by atoms with Gasteiger partial charge in [-0.1, -0.05) is 53.7 Å². The van der Waals surface area contributed by atoms with E-state index in [0.29, 0.717) is 17.2 Å². The molecule has 3 aromatic rings. The molecule has 0 aliphatic rings. The smallest absolute Gasteiger partial charge is 0.173 e. The van der Waals surface area contributed by atoms with Gasteiger partial charge >= 0.3 is 0 Å². The molecule has 0 aliphatic carbocycles. The molecule has 0 N–H and O–H groups in total. The maximum Gasteiger partial charge on any atom is 0.173 e. The summed E-state index contributed by atoms with van der Waals surface area (Å²) in [5.74, 6) is 0.539. The van der Waals surface area contributed by atoms with Gasteiger partial charge < -0.3 is 0 Å². The molecule has 0 amide bonds. The molecule has 0 spiro atoms. The number of hydrogen-bond donors (Lipinski definition) is 0. The number of aromatic nitrogens is 2. The number of thioether (sulfide) groups is 1. The Balaban J connectivity index is 1.63. The number of carbonyl (C=O) groups excluding carboxylic acids is 1. The summed E-state index contributed by atoms with van der Waals surface area (Å²) < 4.78 is 1.99. The fourth-order valence-corrected chi connectivity index (χ4v) is 3.39. The fraction of sp³-hybridized carbons (Fsp3) is 0.158. The molecule has 0 fully saturated rings. The van der Waals surface area contributed by atoms with Crippen LogP contribution in [0.1, 0.15) is 11.1 Å². The molecule has 0 saturated carbocycles. The summed E-state index contributed by atoms with van der Waals surface area (Å²) in [6, 6.07) is 15.7. The molecule has 2 aromatic carbocycles. The molecule has 122 valence electrons. The van der Waals surface area contributed by atoms with Crippen LogP contribution >= 0.6 is 23.4 Å². The van der Waals surface area contributed by atoms with Crippen LogP contribution in [-0.4, -0.2) is 21.1 Å². The second-order valence-corrected chi connectivity index (χ2v) is 6.85. The Morgan fingerprint density at radius 3 is 2.75 bits per heavy atom. The summed E-state index contributed by atoms with van der Waals surface area (Å²) in [6.07, 6.45) is 4.04. The van der Waals surface area contributed by atoms with Crippen molar-refractivity contribution in [2.24, 2.45) is 0 Å². The minimum Gasteiger partial charge on any atom is -0.298 e. The Morgan fingerprint density at radius 1 is 1.21 bits per heavy atom. The van der Waals surface area contributed by atoms with E-state index < -0.39 is 0 Å². The lowest BCUT2D eigenvalue weighted by molar-refractivity contribution is -0.116. The maximum atomic E-state index is 12.3. The highest BCUT2D eigenvalue weighted by molar-refractivity contribution is 7.99. The molecular formula is C19H17ClN2OS. The van der Waals surface area contributed by atoms with E-state index in [9.17, 15) is 4.79 Å². The third-order valence-electron chi connectivity index (χ3n) is 3.64.